The summed E-state index contributed by atoms with van der Waals surface area (Å²) in [4.78, 5) is 2.58. The summed E-state index contributed by atoms with van der Waals surface area (Å²) in [7, 11) is 0. The van der Waals surface area contributed by atoms with E-state index in [1.807, 2.05) is 0 Å². The summed E-state index contributed by atoms with van der Waals surface area (Å²) in [6, 6.07) is 10.6. The van der Waals surface area contributed by atoms with Gasteiger partial charge in [-0.15, -0.1) is 0 Å². The molecule has 1 fully saturated rings. The first-order valence-electron chi connectivity index (χ1n) is 9.29. The molecule has 1 atom stereocenters. The number of piperidine rings is 1. The van der Waals surface area contributed by atoms with Crippen molar-refractivity contribution in [2.24, 2.45) is 0 Å². The number of ether oxygens (including phenoxy) is 1. The number of hydrogen-bond donors (Lipinski definition) is 0. The highest BCUT2D eigenvalue weighted by Gasteiger charge is 2.20. The fraction of sp³-hybridized carbons (Fsp3) is 0.700. The third-order valence-electron chi connectivity index (χ3n) is 4.64. The second-order valence-electron chi connectivity index (χ2n) is 6.55. The third kappa shape index (κ3) is 6.50. The quantitative estimate of drug-likeness (QED) is 0.538. The van der Waals surface area contributed by atoms with Gasteiger partial charge in [0.2, 0.25) is 0 Å². The highest BCUT2D eigenvalue weighted by atomic mass is 16.5. The summed E-state index contributed by atoms with van der Waals surface area (Å²) in [5.74, 6) is 0. The highest BCUT2D eigenvalue weighted by molar-refractivity contribution is 5.13. The fourth-order valence-electron chi connectivity index (χ4n) is 3.27. The lowest BCUT2D eigenvalue weighted by molar-refractivity contribution is -0.0809. The third-order valence-corrected chi connectivity index (χ3v) is 4.64. The molecule has 22 heavy (non-hydrogen) atoms. The number of benzene rings is 1. The standard InChI is InChI=1S/C20H33NO/c1-2-3-4-5-10-15-20(21-16-11-7-12-17-21)22-18-19-13-8-6-9-14-19/h6,8-9,13-14,20H,2-5,7,10-12,15-18H2,1H3. The molecule has 0 spiro atoms. The second kappa shape index (κ2) is 10.8. The molecule has 0 saturated carbocycles. The molecule has 1 unspecified atom stereocenters. The van der Waals surface area contributed by atoms with Crippen molar-refractivity contribution in [3.63, 3.8) is 0 Å². The van der Waals surface area contributed by atoms with Crippen LogP contribution < -0.4 is 0 Å². The topological polar surface area (TPSA) is 12.5 Å². The average Bonchev–Trinajstić information content (AvgIpc) is 2.59. The highest BCUT2D eigenvalue weighted by Crippen LogP contribution is 2.19. The van der Waals surface area contributed by atoms with Gasteiger partial charge < -0.3 is 4.74 Å². The van der Waals surface area contributed by atoms with Gasteiger partial charge in [-0.25, -0.2) is 0 Å². The average molecular weight is 303 g/mol. The van der Waals surface area contributed by atoms with Gasteiger partial charge in [0.25, 0.3) is 0 Å². The fourth-order valence-corrected chi connectivity index (χ4v) is 3.27. The molecular weight excluding hydrogens is 270 g/mol. The Balaban J connectivity index is 1.78. The molecule has 0 N–H and O–H groups in total. The molecule has 0 aromatic heterocycles. The largest absolute Gasteiger partial charge is 0.358 e. The zero-order valence-corrected chi connectivity index (χ0v) is 14.3. The van der Waals surface area contributed by atoms with Gasteiger partial charge in [0.15, 0.2) is 0 Å². The molecule has 0 bridgehead atoms. The summed E-state index contributed by atoms with van der Waals surface area (Å²) in [6.07, 6.45) is 12.3. The van der Waals surface area contributed by atoms with E-state index in [2.05, 4.69) is 42.2 Å². The van der Waals surface area contributed by atoms with Crippen LogP contribution in [0.15, 0.2) is 30.3 Å². The molecule has 2 rings (SSSR count). The number of hydrogen-bond acceptors (Lipinski definition) is 2. The summed E-state index contributed by atoms with van der Waals surface area (Å²) in [5, 5.41) is 0. The summed E-state index contributed by atoms with van der Waals surface area (Å²) in [5.41, 5.74) is 1.29. The van der Waals surface area contributed by atoms with Gasteiger partial charge >= 0.3 is 0 Å². The number of likely N-dealkylation sites (tertiary alicyclic amines) is 1. The van der Waals surface area contributed by atoms with Gasteiger partial charge in [0, 0.05) is 13.1 Å². The molecule has 0 amide bonds. The molecule has 0 aliphatic carbocycles. The molecule has 1 saturated heterocycles. The minimum Gasteiger partial charge on any atom is -0.358 e. The van der Waals surface area contributed by atoms with Crippen molar-refractivity contribution in [3.8, 4) is 0 Å². The van der Waals surface area contributed by atoms with E-state index < -0.39 is 0 Å². The summed E-state index contributed by atoms with van der Waals surface area (Å²) in [6.45, 7) is 5.46. The van der Waals surface area contributed by atoms with Crippen molar-refractivity contribution in [2.45, 2.75) is 77.5 Å². The maximum atomic E-state index is 6.30. The van der Waals surface area contributed by atoms with Gasteiger partial charge in [-0.05, 0) is 31.2 Å². The molecule has 1 heterocycles. The Bertz CT molecular complexity index is 373. The van der Waals surface area contributed by atoms with Crippen LogP contribution >= 0.6 is 0 Å². The van der Waals surface area contributed by atoms with Crippen LogP contribution in [0.1, 0.15) is 70.3 Å². The van der Waals surface area contributed by atoms with Gasteiger partial charge in [0.05, 0.1) is 6.61 Å². The number of nitrogens with zero attached hydrogens (tertiary/aromatic N) is 1. The summed E-state index contributed by atoms with van der Waals surface area (Å²) >= 11 is 0. The van der Waals surface area contributed by atoms with Crippen molar-refractivity contribution in [1.82, 2.24) is 4.90 Å². The monoisotopic (exact) mass is 303 g/mol. The van der Waals surface area contributed by atoms with Crippen LogP contribution in [0.4, 0.5) is 0 Å². The van der Waals surface area contributed by atoms with E-state index in [0.717, 1.165) is 6.61 Å². The van der Waals surface area contributed by atoms with Crippen LogP contribution in [0.5, 0.6) is 0 Å². The van der Waals surface area contributed by atoms with Crippen molar-refractivity contribution in [1.29, 1.82) is 0 Å². The normalized spacial score (nSPS) is 17.5. The first kappa shape index (κ1) is 17.5. The van der Waals surface area contributed by atoms with Crippen molar-refractivity contribution < 1.29 is 4.74 Å². The Kier molecular flexibility index (Phi) is 8.59. The zero-order chi connectivity index (χ0) is 15.5. The maximum absolute atomic E-state index is 6.30. The van der Waals surface area contributed by atoms with Crippen LogP contribution in [0, 0.1) is 0 Å². The van der Waals surface area contributed by atoms with E-state index in [1.54, 1.807) is 0 Å². The van der Waals surface area contributed by atoms with Gasteiger partial charge in [-0.1, -0.05) is 69.4 Å². The first-order valence-corrected chi connectivity index (χ1v) is 9.29. The molecule has 0 radical (unpaired) electrons. The predicted molar refractivity (Wildman–Crippen MR) is 93.8 cm³/mol. The Hall–Kier alpha value is -0.860. The van der Waals surface area contributed by atoms with Crippen molar-refractivity contribution in [2.75, 3.05) is 13.1 Å². The lowest BCUT2D eigenvalue weighted by Crippen LogP contribution is -2.40. The van der Waals surface area contributed by atoms with E-state index in [0.29, 0.717) is 6.23 Å². The molecule has 1 aliphatic rings. The lowest BCUT2D eigenvalue weighted by atomic mass is 10.1. The molecule has 1 aliphatic heterocycles. The van der Waals surface area contributed by atoms with E-state index in [9.17, 15) is 0 Å². The van der Waals surface area contributed by atoms with Gasteiger partial charge in [0.1, 0.15) is 6.23 Å². The predicted octanol–water partition coefficient (Wildman–Crippen LogP) is 5.38. The molecular formula is C20H33NO. The maximum Gasteiger partial charge on any atom is 0.111 e. The van der Waals surface area contributed by atoms with Crippen LogP contribution in [-0.4, -0.2) is 24.2 Å². The Morgan fingerprint density at radius 1 is 0.955 bits per heavy atom. The van der Waals surface area contributed by atoms with Crippen LogP contribution in [0.3, 0.4) is 0 Å². The minimum atomic E-state index is 0.321. The van der Waals surface area contributed by atoms with Crippen LogP contribution in [-0.2, 0) is 11.3 Å². The molecule has 2 nitrogen and oxygen atoms in total. The molecule has 2 heteroatoms. The van der Waals surface area contributed by atoms with E-state index in [1.165, 1.54) is 76.4 Å². The lowest BCUT2D eigenvalue weighted by Gasteiger charge is -2.34. The number of unbranched alkanes of at least 4 members (excludes halogenated alkanes) is 4. The Morgan fingerprint density at radius 3 is 2.41 bits per heavy atom. The summed E-state index contributed by atoms with van der Waals surface area (Å²) < 4.78 is 6.30. The Morgan fingerprint density at radius 2 is 1.68 bits per heavy atom. The van der Waals surface area contributed by atoms with Crippen molar-refractivity contribution in [3.05, 3.63) is 35.9 Å². The van der Waals surface area contributed by atoms with Crippen LogP contribution in [0.2, 0.25) is 0 Å². The van der Waals surface area contributed by atoms with Crippen molar-refractivity contribution >= 4 is 0 Å². The van der Waals surface area contributed by atoms with E-state index >= 15 is 0 Å². The molecule has 1 aromatic rings. The minimum absolute atomic E-state index is 0.321. The smallest absolute Gasteiger partial charge is 0.111 e. The number of rotatable bonds is 10. The van der Waals surface area contributed by atoms with Crippen LogP contribution in [0.25, 0.3) is 0 Å². The Labute approximate surface area is 136 Å². The molecule has 1 aromatic carbocycles. The molecule has 124 valence electrons. The second-order valence-corrected chi connectivity index (χ2v) is 6.55. The van der Waals surface area contributed by atoms with Gasteiger partial charge in [-0.3, -0.25) is 4.90 Å². The van der Waals surface area contributed by atoms with E-state index in [-0.39, 0.29) is 0 Å². The first-order chi connectivity index (χ1) is 10.9. The zero-order valence-electron chi connectivity index (χ0n) is 14.3. The van der Waals surface area contributed by atoms with E-state index in [4.69, 9.17) is 4.74 Å². The SMILES string of the molecule is CCCCCCCC(OCc1ccccc1)N1CCCCC1. The van der Waals surface area contributed by atoms with Gasteiger partial charge in [-0.2, -0.15) is 0 Å².